The summed E-state index contributed by atoms with van der Waals surface area (Å²) in [6.45, 7) is 10.1. The van der Waals surface area contributed by atoms with Crippen LogP contribution in [-0.4, -0.2) is 21.0 Å². The monoisotopic (exact) mass is 326 g/mol. The Hall–Kier alpha value is -1.17. The van der Waals surface area contributed by atoms with E-state index < -0.39 is 10.0 Å². The molecule has 0 aliphatic heterocycles. The van der Waals surface area contributed by atoms with Crippen molar-refractivity contribution in [2.45, 2.75) is 52.5 Å². The van der Waals surface area contributed by atoms with Gasteiger partial charge in [0.2, 0.25) is 10.0 Å². The molecule has 0 aliphatic carbocycles. The van der Waals surface area contributed by atoms with E-state index in [4.69, 9.17) is 5.73 Å². The summed E-state index contributed by atoms with van der Waals surface area (Å²) in [7, 11) is -3.55. The van der Waals surface area contributed by atoms with Gasteiger partial charge in [-0.05, 0) is 37.5 Å². The number of nitrogens with two attached hydrogens (primary N) is 1. The molecule has 0 aliphatic rings. The molecule has 4 nitrogen and oxygen atoms in total. The fraction of sp³-hybridized carbons (Fsp3) is 0.529. The summed E-state index contributed by atoms with van der Waals surface area (Å²) in [5.41, 5.74) is 5.99. The van der Waals surface area contributed by atoms with E-state index in [0.29, 0.717) is 12.1 Å². The van der Waals surface area contributed by atoms with E-state index in [-0.39, 0.29) is 10.9 Å². The molecule has 0 aromatic heterocycles. The summed E-state index contributed by atoms with van der Waals surface area (Å²) in [5.74, 6) is 0. The summed E-state index contributed by atoms with van der Waals surface area (Å²) in [5, 5.41) is 0. The first-order chi connectivity index (χ1) is 10.4. The number of nitrogens with one attached hydrogen (secondary N) is 1. The Morgan fingerprint density at radius 3 is 2.27 bits per heavy atom. The van der Waals surface area contributed by atoms with Crippen LogP contribution in [0.3, 0.4) is 0 Å². The molecular formula is C17H30N2O2S. The van der Waals surface area contributed by atoms with E-state index in [0.717, 1.165) is 25.7 Å². The van der Waals surface area contributed by atoms with Gasteiger partial charge in [-0.2, -0.15) is 0 Å². The van der Waals surface area contributed by atoms with E-state index in [1.807, 2.05) is 0 Å². The third kappa shape index (κ3) is 8.32. The van der Waals surface area contributed by atoms with Crippen LogP contribution in [0.25, 0.3) is 0 Å². The van der Waals surface area contributed by atoms with Crippen LogP contribution in [0.1, 0.15) is 46.5 Å². The first-order valence-corrected chi connectivity index (χ1v) is 9.31. The second-order valence-corrected chi connectivity index (χ2v) is 6.87. The molecule has 0 spiro atoms. The summed E-state index contributed by atoms with van der Waals surface area (Å²) >= 11 is 0. The maximum Gasteiger partial charge on any atom is 0.240 e. The highest BCUT2D eigenvalue weighted by Crippen LogP contribution is 2.14. The van der Waals surface area contributed by atoms with Gasteiger partial charge in [-0.3, -0.25) is 0 Å². The maximum atomic E-state index is 12.6. The third-order valence-corrected chi connectivity index (χ3v) is 4.55. The van der Waals surface area contributed by atoms with Crippen molar-refractivity contribution >= 4 is 10.0 Å². The molecule has 0 bridgehead atoms. The van der Waals surface area contributed by atoms with Crippen LogP contribution in [-0.2, 0) is 10.0 Å². The molecule has 0 saturated carbocycles. The zero-order valence-corrected chi connectivity index (χ0v) is 14.8. The highest BCUT2D eigenvalue weighted by Gasteiger charge is 2.19. The third-order valence-electron chi connectivity index (χ3n) is 3.03. The lowest BCUT2D eigenvalue weighted by Crippen LogP contribution is -2.35. The Kier molecular flexibility index (Phi) is 10.8. The van der Waals surface area contributed by atoms with Crippen LogP contribution in [0.5, 0.6) is 0 Å². The average molecular weight is 327 g/mol. The van der Waals surface area contributed by atoms with Gasteiger partial charge >= 0.3 is 0 Å². The molecule has 0 amide bonds. The minimum Gasteiger partial charge on any atom is -0.327 e. The van der Waals surface area contributed by atoms with Crippen molar-refractivity contribution in [3.63, 3.8) is 0 Å². The van der Waals surface area contributed by atoms with Crippen LogP contribution in [0, 0.1) is 0 Å². The molecular weight excluding hydrogens is 296 g/mol. The van der Waals surface area contributed by atoms with Crippen LogP contribution in [0.2, 0.25) is 0 Å². The van der Waals surface area contributed by atoms with Crippen LogP contribution >= 0.6 is 0 Å². The number of hydrogen-bond donors (Lipinski definition) is 2. The lowest BCUT2D eigenvalue weighted by molar-refractivity contribution is 0.497. The van der Waals surface area contributed by atoms with E-state index in [1.54, 1.807) is 37.3 Å². The molecule has 0 unspecified atom stereocenters. The first kappa shape index (κ1) is 20.8. The first-order valence-electron chi connectivity index (χ1n) is 7.83. The Bertz CT molecular complexity index is 511. The normalized spacial score (nSPS) is 13.6. The summed E-state index contributed by atoms with van der Waals surface area (Å²) in [4.78, 5) is 0.221. The molecule has 0 heterocycles. The van der Waals surface area contributed by atoms with Crippen LogP contribution in [0.4, 0.5) is 0 Å². The molecule has 126 valence electrons. The van der Waals surface area contributed by atoms with Gasteiger partial charge in [-0.15, -0.1) is 0 Å². The molecule has 3 N–H and O–H groups in total. The Labute approximate surface area is 135 Å². The van der Waals surface area contributed by atoms with Gasteiger partial charge in [0.05, 0.1) is 4.91 Å². The van der Waals surface area contributed by atoms with Gasteiger partial charge in [0.25, 0.3) is 0 Å². The van der Waals surface area contributed by atoms with E-state index >= 15 is 0 Å². The van der Waals surface area contributed by atoms with Gasteiger partial charge < -0.3 is 5.73 Å². The van der Waals surface area contributed by atoms with Gasteiger partial charge in [0.15, 0.2) is 0 Å². The zero-order chi connectivity index (χ0) is 17.0. The van der Waals surface area contributed by atoms with Gasteiger partial charge in [0.1, 0.15) is 0 Å². The van der Waals surface area contributed by atoms with E-state index in [1.165, 1.54) is 0 Å². The van der Waals surface area contributed by atoms with Crippen molar-refractivity contribution in [1.82, 2.24) is 4.72 Å². The van der Waals surface area contributed by atoms with E-state index in [9.17, 15) is 8.42 Å². The highest BCUT2D eigenvalue weighted by molar-refractivity contribution is 7.93. The van der Waals surface area contributed by atoms with Crippen molar-refractivity contribution < 1.29 is 8.42 Å². The zero-order valence-electron chi connectivity index (χ0n) is 14.0. The quantitative estimate of drug-likeness (QED) is 0.572. The standard InChI is InChI=1S/C17H30N2O2S/c1-5-9-16(10-6-2)19-22(20,21)17(11-7-3)14-15(4)12-8-13-18/h7-8,11-12,14,16,19H,4-6,9-10,13,18H2,1-3H3/b11-7-,12-8+,17-14+. The summed E-state index contributed by atoms with van der Waals surface area (Å²) < 4.78 is 27.9. The Balaban J connectivity index is 5.32. The highest BCUT2D eigenvalue weighted by atomic mass is 32.2. The lowest BCUT2D eigenvalue weighted by Gasteiger charge is -2.18. The van der Waals surface area contributed by atoms with Crippen LogP contribution < -0.4 is 10.5 Å². The second kappa shape index (κ2) is 11.4. The molecule has 22 heavy (non-hydrogen) atoms. The van der Waals surface area contributed by atoms with E-state index in [2.05, 4.69) is 25.1 Å². The second-order valence-electron chi connectivity index (χ2n) is 5.16. The van der Waals surface area contributed by atoms with Crippen molar-refractivity contribution in [2.75, 3.05) is 6.54 Å². The van der Waals surface area contributed by atoms with Crippen molar-refractivity contribution in [3.05, 3.63) is 47.4 Å². The maximum absolute atomic E-state index is 12.6. The number of hydrogen-bond acceptors (Lipinski definition) is 3. The lowest BCUT2D eigenvalue weighted by atomic mass is 10.1. The molecule has 0 saturated heterocycles. The largest absolute Gasteiger partial charge is 0.327 e. The molecule has 0 rings (SSSR count). The van der Waals surface area contributed by atoms with Gasteiger partial charge in [0, 0.05) is 12.6 Å². The summed E-state index contributed by atoms with van der Waals surface area (Å²) in [6.07, 6.45) is 11.9. The molecule has 0 aromatic rings. The molecule has 5 heteroatoms. The minimum atomic E-state index is -3.55. The fourth-order valence-corrected chi connectivity index (χ4v) is 3.51. The minimum absolute atomic E-state index is 0.0264. The Morgan fingerprint density at radius 2 is 1.82 bits per heavy atom. The number of allylic oxidation sites excluding steroid dienone is 5. The predicted molar refractivity (Wildman–Crippen MR) is 95.9 cm³/mol. The van der Waals surface area contributed by atoms with Crippen molar-refractivity contribution in [1.29, 1.82) is 0 Å². The molecule has 0 radical (unpaired) electrons. The van der Waals surface area contributed by atoms with Crippen molar-refractivity contribution in [2.24, 2.45) is 5.73 Å². The Morgan fingerprint density at radius 1 is 1.23 bits per heavy atom. The number of sulfonamides is 1. The number of rotatable bonds is 11. The van der Waals surface area contributed by atoms with Gasteiger partial charge in [-0.1, -0.05) is 51.5 Å². The fourth-order valence-electron chi connectivity index (χ4n) is 2.08. The average Bonchev–Trinajstić information content (AvgIpc) is 2.44. The van der Waals surface area contributed by atoms with Crippen molar-refractivity contribution in [3.8, 4) is 0 Å². The topological polar surface area (TPSA) is 72.2 Å². The molecule has 0 aromatic carbocycles. The predicted octanol–water partition coefficient (Wildman–Crippen LogP) is 3.41. The van der Waals surface area contributed by atoms with Gasteiger partial charge in [-0.25, -0.2) is 13.1 Å². The molecule has 0 fully saturated rings. The molecule has 0 atom stereocenters. The smallest absolute Gasteiger partial charge is 0.240 e. The summed E-state index contributed by atoms with van der Waals surface area (Å²) in [6, 6.07) is -0.0264. The SMILES string of the molecule is C=C(/C=C/CN)/C=C(\C=C/C)S(=O)(=O)NC(CCC)CCC. The van der Waals surface area contributed by atoms with Crippen LogP contribution in [0.15, 0.2) is 47.4 Å².